The second kappa shape index (κ2) is 5.56. The van der Waals surface area contributed by atoms with Gasteiger partial charge in [0.2, 0.25) is 0 Å². The highest BCUT2D eigenvalue weighted by atomic mass is 32.1. The highest BCUT2D eigenvalue weighted by Gasteiger charge is 2.32. The molecular weight excluding hydrogens is 258 g/mol. The molecule has 1 aliphatic heterocycles. The van der Waals surface area contributed by atoms with Crippen LogP contribution in [-0.2, 0) is 13.6 Å². The van der Waals surface area contributed by atoms with Gasteiger partial charge in [-0.15, -0.1) is 0 Å². The van der Waals surface area contributed by atoms with Crippen LogP contribution in [0.5, 0.6) is 0 Å². The Labute approximate surface area is 120 Å². The van der Waals surface area contributed by atoms with E-state index in [2.05, 4.69) is 34.8 Å². The Kier molecular flexibility index (Phi) is 4.23. The fraction of sp³-hybridized carbons (Fsp3) is 0.692. The van der Waals surface area contributed by atoms with Crippen molar-refractivity contribution >= 4 is 17.2 Å². The van der Waals surface area contributed by atoms with Crippen LogP contribution >= 0.6 is 12.2 Å². The van der Waals surface area contributed by atoms with Gasteiger partial charge in [-0.2, -0.15) is 5.10 Å². The molecule has 6 heteroatoms. The van der Waals surface area contributed by atoms with Crippen molar-refractivity contribution in [1.82, 2.24) is 19.6 Å². The minimum absolute atomic E-state index is 0.188. The first-order valence-corrected chi connectivity index (χ1v) is 7.06. The van der Waals surface area contributed by atoms with E-state index in [1.54, 1.807) is 0 Å². The quantitative estimate of drug-likeness (QED) is 0.819. The Morgan fingerprint density at radius 2 is 2.00 bits per heavy atom. The number of nitrogens with zero attached hydrogens (tertiary/aromatic N) is 4. The number of rotatable bonds is 4. The van der Waals surface area contributed by atoms with Gasteiger partial charge in [0, 0.05) is 46.0 Å². The van der Waals surface area contributed by atoms with E-state index in [1.165, 1.54) is 0 Å². The third kappa shape index (κ3) is 3.32. The number of thiocarbonyl (C=S) groups is 1. The highest BCUT2D eigenvalue weighted by molar-refractivity contribution is 7.80. The summed E-state index contributed by atoms with van der Waals surface area (Å²) in [7, 11) is 1.95. The van der Waals surface area contributed by atoms with Gasteiger partial charge in [-0.1, -0.05) is 12.2 Å². The predicted molar refractivity (Wildman–Crippen MR) is 80.9 cm³/mol. The Balaban J connectivity index is 1.87. The Morgan fingerprint density at radius 1 is 1.37 bits per heavy atom. The van der Waals surface area contributed by atoms with E-state index in [-0.39, 0.29) is 5.54 Å². The third-order valence-corrected chi connectivity index (χ3v) is 4.42. The second-order valence-corrected chi connectivity index (χ2v) is 6.11. The van der Waals surface area contributed by atoms with Crippen molar-refractivity contribution in [3.63, 3.8) is 0 Å². The number of aryl methyl sites for hydroxylation is 1. The summed E-state index contributed by atoms with van der Waals surface area (Å²) < 4.78 is 1.85. The van der Waals surface area contributed by atoms with Gasteiger partial charge in [-0.25, -0.2) is 0 Å². The molecule has 0 atom stereocenters. The molecule has 1 aliphatic rings. The molecule has 106 valence electrons. The second-order valence-electron chi connectivity index (χ2n) is 5.67. The summed E-state index contributed by atoms with van der Waals surface area (Å²) in [5.74, 6) is 0. The van der Waals surface area contributed by atoms with Gasteiger partial charge < -0.3 is 5.73 Å². The van der Waals surface area contributed by atoms with E-state index in [4.69, 9.17) is 18.0 Å². The van der Waals surface area contributed by atoms with Gasteiger partial charge >= 0.3 is 0 Å². The van der Waals surface area contributed by atoms with E-state index in [9.17, 15) is 0 Å². The van der Waals surface area contributed by atoms with Gasteiger partial charge in [0.1, 0.15) is 0 Å². The van der Waals surface area contributed by atoms with E-state index in [1.807, 2.05) is 17.9 Å². The molecule has 1 fully saturated rings. The van der Waals surface area contributed by atoms with Crippen LogP contribution in [-0.4, -0.2) is 56.3 Å². The molecule has 1 aromatic heterocycles. The maximum absolute atomic E-state index is 5.83. The van der Waals surface area contributed by atoms with Gasteiger partial charge in [-0.05, 0) is 19.9 Å². The molecule has 0 amide bonds. The summed E-state index contributed by atoms with van der Waals surface area (Å²) in [6.45, 7) is 9.18. The average molecular weight is 281 g/mol. The number of hydrogen-bond acceptors (Lipinski definition) is 4. The molecule has 1 aromatic rings. The predicted octanol–water partition coefficient (Wildman–Crippen LogP) is 0.602. The summed E-state index contributed by atoms with van der Waals surface area (Å²) in [6, 6.07) is 2.07. The summed E-state index contributed by atoms with van der Waals surface area (Å²) in [4.78, 5) is 5.37. The van der Waals surface area contributed by atoms with Crippen molar-refractivity contribution in [3.05, 3.63) is 18.0 Å². The molecule has 2 heterocycles. The van der Waals surface area contributed by atoms with Gasteiger partial charge in [0.05, 0.1) is 16.2 Å². The van der Waals surface area contributed by atoms with Gasteiger partial charge in [-0.3, -0.25) is 14.5 Å². The first kappa shape index (κ1) is 14.4. The number of piperazine rings is 1. The lowest BCUT2D eigenvalue weighted by molar-refractivity contribution is 0.0814. The zero-order valence-electron chi connectivity index (χ0n) is 12.0. The molecular formula is C13H23N5S. The average Bonchev–Trinajstić information content (AvgIpc) is 2.75. The van der Waals surface area contributed by atoms with Crippen molar-refractivity contribution < 1.29 is 0 Å². The van der Waals surface area contributed by atoms with Crippen LogP contribution in [0.1, 0.15) is 19.5 Å². The molecule has 2 N–H and O–H groups in total. The molecule has 0 saturated carbocycles. The Morgan fingerprint density at radius 3 is 2.47 bits per heavy atom. The topological polar surface area (TPSA) is 50.3 Å². The highest BCUT2D eigenvalue weighted by Crippen LogP contribution is 2.18. The zero-order valence-corrected chi connectivity index (χ0v) is 12.8. The molecule has 0 radical (unpaired) electrons. The van der Waals surface area contributed by atoms with Crippen molar-refractivity contribution in [2.45, 2.75) is 25.9 Å². The fourth-order valence-corrected chi connectivity index (χ4v) is 2.53. The summed E-state index contributed by atoms with van der Waals surface area (Å²) in [6.07, 6.45) is 1.99. The van der Waals surface area contributed by atoms with Crippen LogP contribution in [0.25, 0.3) is 0 Å². The van der Waals surface area contributed by atoms with Crippen LogP contribution < -0.4 is 5.73 Å². The molecule has 19 heavy (non-hydrogen) atoms. The van der Waals surface area contributed by atoms with Crippen LogP contribution in [0.15, 0.2) is 12.3 Å². The van der Waals surface area contributed by atoms with Gasteiger partial charge in [0.15, 0.2) is 0 Å². The smallest absolute Gasteiger partial charge is 0.0928 e. The van der Waals surface area contributed by atoms with Crippen molar-refractivity contribution in [2.75, 3.05) is 26.2 Å². The Hall–Kier alpha value is -0.980. The molecule has 2 rings (SSSR count). The SMILES string of the molecule is Cn1ccc(CN2CCN(C(C)(C)C(N)=S)CC2)n1. The Bertz CT molecular complexity index is 446. The first-order chi connectivity index (χ1) is 8.89. The molecule has 0 unspecified atom stereocenters. The normalized spacial score (nSPS) is 18.7. The summed E-state index contributed by atoms with van der Waals surface area (Å²) >= 11 is 5.16. The van der Waals surface area contributed by atoms with E-state index in [0.29, 0.717) is 4.99 Å². The number of nitrogens with two attached hydrogens (primary N) is 1. The summed E-state index contributed by atoms with van der Waals surface area (Å²) in [5.41, 5.74) is 6.77. The van der Waals surface area contributed by atoms with Crippen molar-refractivity contribution in [1.29, 1.82) is 0 Å². The molecule has 1 saturated heterocycles. The van der Waals surface area contributed by atoms with E-state index in [0.717, 1.165) is 38.4 Å². The molecule has 0 aromatic carbocycles. The largest absolute Gasteiger partial charge is 0.392 e. The van der Waals surface area contributed by atoms with Gasteiger partial charge in [0.25, 0.3) is 0 Å². The monoisotopic (exact) mass is 281 g/mol. The van der Waals surface area contributed by atoms with Crippen LogP contribution in [0.2, 0.25) is 0 Å². The number of aromatic nitrogens is 2. The van der Waals surface area contributed by atoms with Crippen molar-refractivity contribution in [3.8, 4) is 0 Å². The maximum Gasteiger partial charge on any atom is 0.0928 e. The third-order valence-electron chi connectivity index (χ3n) is 3.92. The standard InChI is InChI=1S/C13H23N5S/c1-13(2,12(14)19)18-8-6-17(7-9-18)10-11-4-5-16(3)15-11/h4-5H,6-10H2,1-3H3,(H2,14,19). The molecule has 0 aliphatic carbocycles. The van der Waals surface area contributed by atoms with Crippen molar-refractivity contribution in [2.24, 2.45) is 12.8 Å². The lowest BCUT2D eigenvalue weighted by Crippen LogP contribution is -2.59. The first-order valence-electron chi connectivity index (χ1n) is 6.65. The van der Waals surface area contributed by atoms with E-state index < -0.39 is 0 Å². The summed E-state index contributed by atoms with van der Waals surface area (Å²) in [5, 5.41) is 4.42. The lowest BCUT2D eigenvalue weighted by atomic mass is 10.0. The molecule has 0 spiro atoms. The maximum atomic E-state index is 5.83. The fourth-order valence-electron chi connectivity index (χ4n) is 2.40. The number of hydrogen-bond donors (Lipinski definition) is 1. The van der Waals surface area contributed by atoms with Crippen LogP contribution in [0.3, 0.4) is 0 Å². The molecule has 0 bridgehead atoms. The van der Waals surface area contributed by atoms with Crippen LogP contribution in [0.4, 0.5) is 0 Å². The van der Waals surface area contributed by atoms with Crippen LogP contribution in [0, 0.1) is 0 Å². The minimum Gasteiger partial charge on any atom is -0.392 e. The minimum atomic E-state index is -0.188. The lowest BCUT2D eigenvalue weighted by Gasteiger charge is -2.43. The zero-order chi connectivity index (χ0) is 14.0. The molecule has 5 nitrogen and oxygen atoms in total. The van der Waals surface area contributed by atoms with E-state index >= 15 is 0 Å².